The van der Waals surface area contributed by atoms with Crippen molar-refractivity contribution in [3.63, 3.8) is 0 Å². The third-order valence-electron chi connectivity index (χ3n) is 3.79. The van der Waals surface area contributed by atoms with Crippen LogP contribution in [0.2, 0.25) is 0 Å². The summed E-state index contributed by atoms with van der Waals surface area (Å²) in [7, 11) is -3.84. The van der Waals surface area contributed by atoms with E-state index in [1.54, 1.807) is 4.90 Å². The summed E-state index contributed by atoms with van der Waals surface area (Å²) >= 11 is 0. The first-order valence-electron chi connectivity index (χ1n) is 8.29. The lowest BCUT2D eigenvalue weighted by Crippen LogP contribution is -2.47. The standard InChI is InChI=1S/C17H24N2O7S/c1-10(2)18(11(3)4)16(20)12(5)26-17(21)13-7-8-15(27(6,24)25)14(9-13)19(22)23/h7-12H,1-6H3/t12-/m0/s1. The molecule has 0 fully saturated rings. The fourth-order valence-electron chi connectivity index (χ4n) is 2.69. The molecule has 1 aromatic rings. The zero-order chi connectivity index (χ0) is 21.1. The van der Waals surface area contributed by atoms with E-state index in [4.69, 9.17) is 4.74 Å². The third kappa shape index (κ3) is 5.49. The Kier molecular flexibility index (Phi) is 7.07. The van der Waals surface area contributed by atoms with Crippen LogP contribution in [-0.2, 0) is 19.4 Å². The van der Waals surface area contributed by atoms with Gasteiger partial charge in [-0.25, -0.2) is 13.2 Å². The minimum Gasteiger partial charge on any atom is -0.449 e. The molecule has 150 valence electrons. The van der Waals surface area contributed by atoms with Gasteiger partial charge in [0.25, 0.3) is 11.6 Å². The molecule has 0 aliphatic rings. The molecule has 0 heterocycles. The largest absolute Gasteiger partial charge is 0.449 e. The summed E-state index contributed by atoms with van der Waals surface area (Å²) in [5, 5.41) is 11.1. The SMILES string of the molecule is CC(C)N(C(=O)[C@H](C)OC(=O)c1ccc(S(C)(=O)=O)c([N+](=O)[O-])c1)C(C)C. The Morgan fingerprint density at radius 3 is 2.04 bits per heavy atom. The fraction of sp³-hybridized carbons (Fsp3) is 0.529. The molecule has 27 heavy (non-hydrogen) atoms. The van der Waals surface area contributed by atoms with Crippen LogP contribution in [0.15, 0.2) is 23.1 Å². The Hall–Kier alpha value is -2.49. The predicted molar refractivity (Wildman–Crippen MR) is 98.2 cm³/mol. The molecule has 0 spiro atoms. The van der Waals surface area contributed by atoms with Crippen LogP contribution in [0.3, 0.4) is 0 Å². The number of rotatable bonds is 7. The van der Waals surface area contributed by atoms with Gasteiger partial charge >= 0.3 is 5.97 Å². The quantitative estimate of drug-likeness (QED) is 0.390. The maximum absolute atomic E-state index is 12.5. The molecule has 0 saturated heterocycles. The highest BCUT2D eigenvalue weighted by Crippen LogP contribution is 2.25. The van der Waals surface area contributed by atoms with Crippen LogP contribution < -0.4 is 0 Å². The third-order valence-corrected chi connectivity index (χ3v) is 4.93. The van der Waals surface area contributed by atoms with Crippen molar-refractivity contribution < 1.29 is 27.7 Å². The molecule has 1 atom stereocenters. The van der Waals surface area contributed by atoms with Gasteiger partial charge in [-0.15, -0.1) is 0 Å². The van der Waals surface area contributed by atoms with E-state index in [0.29, 0.717) is 0 Å². The second-order valence-corrected chi connectivity index (χ2v) is 8.68. The van der Waals surface area contributed by atoms with E-state index < -0.39 is 43.3 Å². The van der Waals surface area contributed by atoms with Gasteiger partial charge in [-0.3, -0.25) is 14.9 Å². The first kappa shape index (κ1) is 22.6. The Balaban J connectivity index is 3.12. The number of nitrogens with zero attached hydrogens (tertiary/aromatic N) is 2. The van der Waals surface area contributed by atoms with Crippen molar-refractivity contribution in [1.29, 1.82) is 0 Å². The minimum atomic E-state index is -3.84. The van der Waals surface area contributed by atoms with Crippen LogP contribution in [0.1, 0.15) is 45.0 Å². The molecule has 0 radical (unpaired) electrons. The van der Waals surface area contributed by atoms with E-state index in [9.17, 15) is 28.1 Å². The average molecular weight is 400 g/mol. The number of carbonyl (C=O) groups is 2. The molecule has 0 N–H and O–H groups in total. The van der Waals surface area contributed by atoms with Crippen molar-refractivity contribution in [2.75, 3.05) is 6.26 Å². The van der Waals surface area contributed by atoms with E-state index in [1.807, 2.05) is 27.7 Å². The number of benzene rings is 1. The van der Waals surface area contributed by atoms with Crippen LogP contribution >= 0.6 is 0 Å². The minimum absolute atomic E-state index is 0.103. The van der Waals surface area contributed by atoms with Crippen LogP contribution in [0.4, 0.5) is 5.69 Å². The van der Waals surface area contributed by atoms with Crippen molar-refractivity contribution in [1.82, 2.24) is 4.90 Å². The van der Waals surface area contributed by atoms with Gasteiger partial charge in [-0.2, -0.15) is 0 Å². The van der Waals surface area contributed by atoms with Crippen molar-refractivity contribution in [2.24, 2.45) is 0 Å². The molecule has 0 saturated carbocycles. The van der Waals surface area contributed by atoms with Crippen molar-refractivity contribution in [2.45, 2.75) is 57.7 Å². The van der Waals surface area contributed by atoms with Crippen molar-refractivity contribution in [3.05, 3.63) is 33.9 Å². The lowest BCUT2D eigenvalue weighted by Gasteiger charge is -2.32. The number of ether oxygens (including phenoxy) is 1. The van der Waals surface area contributed by atoms with E-state index in [1.165, 1.54) is 6.92 Å². The highest BCUT2D eigenvalue weighted by Gasteiger charge is 2.29. The van der Waals surface area contributed by atoms with Crippen LogP contribution in [-0.4, -0.2) is 54.6 Å². The zero-order valence-corrected chi connectivity index (χ0v) is 16.9. The molecule has 9 nitrogen and oxygen atoms in total. The van der Waals surface area contributed by atoms with Crippen molar-refractivity contribution >= 4 is 27.4 Å². The normalized spacial score (nSPS) is 12.7. The highest BCUT2D eigenvalue weighted by molar-refractivity contribution is 7.90. The molecule has 1 aromatic carbocycles. The average Bonchev–Trinajstić information content (AvgIpc) is 2.52. The number of nitro groups is 1. The number of sulfone groups is 1. The Labute approximate surface area is 158 Å². The van der Waals surface area contributed by atoms with Gasteiger partial charge in [0.2, 0.25) is 0 Å². The molecule has 1 rings (SSSR count). The highest BCUT2D eigenvalue weighted by atomic mass is 32.2. The summed E-state index contributed by atoms with van der Waals surface area (Å²) < 4.78 is 28.4. The number of carbonyl (C=O) groups excluding carboxylic acids is 2. The maximum atomic E-state index is 12.5. The molecule has 10 heteroatoms. The first-order chi connectivity index (χ1) is 12.3. The van der Waals surface area contributed by atoms with Gasteiger partial charge in [0.15, 0.2) is 15.9 Å². The molecule has 0 aliphatic carbocycles. The number of esters is 1. The summed E-state index contributed by atoms with van der Waals surface area (Å²) in [6, 6.07) is 2.72. The van der Waals surface area contributed by atoms with Crippen LogP contribution in [0.25, 0.3) is 0 Å². The summed E-state index contributed by atoms with van der Waals surface area (Å²) in [6.07, 6.45) is -0.267. The predicted octanol–water partition coefficient (Wildman–Crippen LogP) is 2.19. The molecule has 0 bridgehead atoms. The van der Waals surface area contributed by atoms with E-state index in [2.05, 4.69) is 0 Å². The molecule has 0 unspecified atom stereocenters. The van der Waals surface area contributed by atoms with Gasteiger partial charge in [-0.1, -0.05) is 0 Å². The Bertz CT molecular complexity index is 839. The molecule has 1 amide bonds. The number of hydrogen-bond donors (Lipinski definition) is 0. The maximum Gasteiger partial charge on any atom is 0.339 e. The number of amides is 1. The summed E-state index contributed by atoms with van der Waals surface area (Å²) in [6.45, 7) is 8.75. The van der Waals surface area contributed by atoms with Gasteiger partial charge in [-0.05, 0) is 46.8 Å². The van der Waals surface area contributed by atoms with Gasteiger partial charge < -0.3 is 9.64 Å². The van der Waals surface area contributed by atoms with Crippen molar-refractivity contribution in [3.8, 4) is 0 Å². The Morgan fingerprint density at radius 1 is 1.11 bits per heavy atom. The lowest BCUT2D eigenvalue weighted by atomic mass is 10.2. The lowest BCUT2D eigenvalue weighted by molar-refractivity contribution is -0.387. The molecule has 0 aliphatic heterocycles. The van der Waals surface area contributed by atoms with Gasteiger partial charge in [0.05, 0.1) is 10.5 Å². The fourth-order valence-corrected chi connectivity index (χ4v) is 3.52. The van der Waals surface area contributed by atoms with Crippen LogP contribution in [0, 0.1) is 10.1 Å². The molecular formula is C17H24N2O7S. The van der Waals surface area contributed by atoms with E-state index in [0.717, 1.165) is 24.5 Å². The van der Waals surface area contributed by atoms with Crippen LogP contribution in [0.5, 0.6) is 0 Å². The first-order valence-corrected chi connectivity index (χ1v) is 10.2. The smallest absolute Gasteiger partial charge is 0.339 e. The monoisotopic (exact) mass is 400 g/mol. The number of nitro benzene ring substituents is 1. The summed E-state index contributed by atoms with van der Waals surface area (Å²) in [4.78, 5) is 36.1. The summed E-state index contributed by atoms with van der Waals surface area (Å²) in [5.74, 6) is -1.35. The summed E-state index contributed by atoms with van der Waals surface area (Å²) in [5.41, 5.74) is -0.939. The second kappa shape index (κ2) is 8.47. The van der Waals surface area contributed by atoms with E-state index >= 15 is 0 Å². The van der Waals surface area contributed by atoms with Gasteiger partial charge in [0.1, 0.15) is 4.90 Å². The van der Waals surface area contributed by atoms with E-state index in [-0.39, 0.29) is 17.6 Å². The second-order valence-electron chi connectivity index (χ2n) is 6.69. The topological polar surface area (TPSA) is 124 Å². The van der Waals surface area contributed by atoms with Gasteiger partial charge in [0, 0.05) is 24.4 Å². The molecule has 0 aromatic heterocycles. The molecular weight excluding hydrogens is 376 g/mol. The number of hydrogen-bond acceptors (Lipinski definition) is 7. The Morgan fingerprint density at radius 2 is 1.63 bits per heavy atom. The zero-order valence-electron chi connectivity index (χ0n) is 16.1.